The zero-order chi connectivity index (χ0) is 23.1. The Hall–Kier alpha value is -2.31. The second-order valence-electron chi connectivity index (χ2n) is 9.84. The van der Waals surface area contributed by atoms with Gasteiger partial charge in [-0.05, 0) is 88.4 Å². The van der Waals surface area contributed by atoms with E-state index in [2.05, 4.69) is 0 Å². The number of aliphatic hydroxyl groups excluding tert-OH is 1. The molecule has 1 atom stereocenters. The number of ether oxygens (including phenoxy) is 2. The number of fused-ring (bicyclic) bond motifs is 2. The predicted octanol–water partition coefficient (Wildman–Crippen LogP) is 5.89. The van der Waals surface area contributed by atoms with E-state index in [1.54, 1.807) is 41.3 Å². The molecule has 2 aliphatic heterocycles. The molecule has 2 fully saturated rings. The molecule has 0 spiro atoms. The average Bonchev–Trinajstić information content (AvgIpc) is 3.24. The summed E-state index contributed by atoms with van der Waals surface area (Å²) in [6.07, 6.45) is 0.952. The molecular weight excluding hydrogens is 433 g/mol. The summed E-state index contributed by atoms with van der Waals surface area (Å²) in [4.78, 5) is 15.1. The van der Waals surface area contributed by atoms with Gasteiger partial charge in [0.2, 0.25) is 0 Å². The van der Waals surface area contributed by atoms with Crippen molar-refractivity contribution in [1.29, 1.82) is 0 Å². The second kappa shape index (κ2) is 8.23. The quantitative estimate of drug-likeness (QED) is 0.602. The molecule has 172 valence electrons. The van der Waals surface area contributed by atoms with Gasteiger partial charge in [0.25, 0.3) is 0 Å². The van der Waals surface area contributed by atoms with E-state index in [-0.39, 0.29) is 6.61 Å². The third kappa shape index (κ3) is 4.18. The fourth-order valence-electron chi connectivity index (χ4n) is 5.09. The summed E-state index contributed by atoms with van der Waals surface area (Å²) in [6.45, 7) is 5.71. The van der Waals surface area contributed by atoms with Gasteiger partial charge in [0.15, 0.2) is 0 Å². The molecule has 1 amide bonds. The highest BCUT2D eigenvalue weighted by Gasteiger charge is 2.66. The lowest BCUT2D eigenvalue weighted by atomic mass is 9.77. The van der Waals surface area contributed by atoms with Gasteiger partial charge in [0, 0.05) is 5.02 Å². The maximum atomic E-state index is 13.9. The Morgan fingerprint density at radius 1 is 1.16 bits per heavy atom. The average molecular weight is 462 g/mol. The first-order valence-electron chi connectivity index (χ1n) is 10.9. The van der Waals surface area contributed by atoms with Gasteiger partial charge in [-0.15, -0.1) is 0 Å². The summed E-state index contributed by atoms with van der Waals surface area (Å²) in [5.74, 6) is 0.234. The Kier molecular flexibility index (Phi) is 5.88. The molecule has 0 saturated carbocycles. The molecule has 1 N–H and O–H groups in total. The van der Waals surface area contributed by atoms with Gasteiger partial charge in [-0.2, -0.15) is 0 Å². The number of nitrogens with zero attached hydrogens (tertiary/aromatic N) is 1. The van der Waals surface area contributed by atoms with Crippen molar-refractivity contribution in [2.45, 2.75) is 69.2 Å². The normalized spacial score (nSPS) is 25.6. The van der Waals surface area contributed by atoms with E-state index in [4.69, 9.17) is 21.1 Å². The van der Waals surface area contributed by atoms with Gasteiger partial charge in [-0.1, -0.05) is 23.7 Å². The molecule has 0 aromatic heterocycles. The molecule has 32 heavy (non-hydrogen) atoms. The first-order valence-corrected chi connectivity index (χ1v) is 11.3. The van der Waals surface area contributed by atoms with Crippen molar-refractivity contribution in [3.8, 4) is 5.75 Å². The molecule has 2 heterocycles. The summed E-state index contributed by atoms with van der Waals surface area (Å²) in [6, 6.07) is 13.0. The fourth-order valence-corrected chi connectivity index (χ4v) is 5.22. The van der Waals surface area contributed by atoms with Gasteiger partial charge < -0.3 is 14.6 Å². The summed E-state index contributed by atoms with van der Waals surface area (Å²) in [5.41, 5.74) is -1.73. The molecule has 0 aliphatic carbocycles. The van der Waals surface area contributed by atoms with E-state index in [0.717, 1.165) is 0 Å². The lowest BCUT2D eigenvalue weighted by molar-refractivity contribution is -0.0441. The summed E-state index contributed by atoms with van der Waals surface area (Å²) >= 11 is 5.97. The van der Waals surface area contributed by atoms with Gasteiger partial charge in [-0.3, -0.25) is 4.90 Å². The van der Waals surface area contributed by atoms with Crippen molar-refractivity contribution >= 4 is 17.7 Å². The van der Waals surface area contributed by atoms with Crippen molar-refractivity contribution in [2.75, 3.05) is 6.61 Å². The monoisotopic (exact) mass is 461 g/mol. The third-order valence-electron chi connectivity index (χ3n) is 6.54. The molecule has 2 aromatic rings. The van der Waals surface area contributed by atoms with Crippen LogP contribution in [-0.2, 0) is 4.74 Å². The highest BCUT2D eigenvalue weighted by atomic mass is 35.5. The number of amides is 1. The Balaban J connectivity index is 1.66. The van der Waals surface area contributed by atoms with Crippen molar-refractivity contribution < 1.29 is 23.8 Å². The van der Waals surface area contributed by atoms with Crippen molar-refractivity contribution in [3.63, 3.8) is 0 Å². The molecule has 4 rings (SSSR count). The number of halogens is 2. The molecule has 2 saturated heterocycles. The molecule has 1 unspecified atom stereocenters. The van der Waals surface area contributed by atoms with Crippen LogP contribution in [0.5, 0.6) is 5.75 Å². The number of carbonyl (C=O) groups is 1. The van der Waals surface area contributed by atoms with Crippen LogP contribution in [-0.4, -0.2) is 39.4 Å². The van der Waals surface area contributed by atoms with Crippen LogP contribution in [0, 0.1) is 5.82 Å². The van der Waals surface area contributed by atoms with Crippen LogP contribution in [0.25, 0.3) is 0 Å². The smallest absolute Gasteiger partial charge is 0.411 e. The van der Waals surface area contributed by atoms with Gasteiger partial charge in [-0.25, -0.2) is 9.18 Å². The van der Waals surface area contributed by atoms with E-state index in [9.17, 15) is 14.3 Å². The van der Waals surface area contributed by atoms with Crippen LogP contribution in [0.3, 0.4) is 0 Å². The fraction of sp³-hybridized carbons (Fsp3) is 0.480. The van der Waals surface area contributed by atoms with Crippen molar-refractivity contribution in [2.24, 2.45) is 0 Å². The molecule has 5 nitrogen and oxygen atoms in total. The molecule has 0 radical (unpaired) electrons. The maximum absolute atomic E-state index is 13.9. The van der Waals surface area contributed by atoms with Crippen LogP contribution >= 0.6 is 11.6 Å². The van der Waals surface area contributed by atoms with Crippen LogP contribution in [0.4, 0.5) is 9.18 Å². The van der Waals surface area contributed by atoms with E-state index in [1.807, 2.05) is 20.8 Å². The molecular formula is C25H29ClFNO4. The Bertz CT molecular complexity index is 980. The van der Waals surface area contributed by atoms with Gasteiger partial charge in [0.1, 0.15) is 29.9 Å². The zero-order valence-electron chi connectivity index (χ0n) is 18.6. The van der Waals surface area contributed by atoms with E-state index in [0.29, 0.717) is 42.0 Å². The second-order valence-corrected chi connectivity index (χ2v) is 10.3. The largest absolute Gasteiger partial charge is 0.491 e. The Morgan fingerprint density at radius 3 is 2.41 bits per heavy atom. The van der Waals surface area contributed by atoms with Gasteiger partial charge in [0.05, 0.1) is 11.1 Å². The first-order chi connectivity index (χ1) is 15.0. The number of aliphatic hydroxyl groups is 1. The molecule has 7 heteroatoms. The highest BCUT2D eigenvalue weighted by molar-refractivity contribution is 6.30. The van der Waals surface area contributed by atoms with E-state index < -0.39 is 34.7 Å². The third-order valence-corrected chi connectivity index (χ3v) is 6.79. The minimum atomic E-state index is -1.04. The zero-order valence-corrected chi connectivity index (χ0v) is 19.4. The van der Waals surface area contributed by atoms with Crippen LogP contribution in [0.2, 0.25) is 5.02 Å². The Labute approximate surface area is 193 Å². The van der Waals surface area contributed by atoms with E-state index >= 15 is 0 Å². The van der Waals surface area contributed by atoms with E-state index in [1.165, 1.54) is 12.1 Å². The van der Waals surface area contributed by atoms with Crippen LogP contribution in [0.1, 0.15) is 58.1 Å². The maximum Gasteiger partial charge on any atom is 0.411 e. The van der Waals surface area contributed by atoms with Crippen molar-refractivity contribution in [3.05, 3.63) is 64.9 Å². The first kappa shape index (κ1) is 22.9. The number of hydrogen-bond donors (Lipinski definition) is 1. The number of hydrogen-bond acceptors (Lipinski definition) is 4. The standard InChI is InChI=1S/C25H29ClFNO4/c1-23(2,3)32-22(30)28-24(16-31-20-9-7-18(26)8-10-20)11-13-25(28,14-12-24)21(29)17-5-4-6-19(27)15-17/h4-10,15,21,29H,11-14,16H2,1-3H3. The summed E-state index contributed by atoms with van der Waals surface area (Å²) < 4.78 is 25.7. The van der Waals surface area contributed by atoms with Crippen LogP contribution in [0.15, 0.2) is 48.5 Å². The highest BCUT2D eigenvalue weighted by Crippen LogP contribution is 2.58. The SMILES string of the molecule is CC(C)(C)OC(=O)N1C2(COc3ccc(Cl)cc3)CCC1(C(O)c1cccc(F)c1)CC2. The molecule has 2 aliphatic rings. The Morgan fingerprint density at radius 2 is 1.81 bits per heavy atom. The van der Waals surface area contributed by atoms with Crippen molar-refractivity contribution in [1.82, 2.24) is 4.90 Å². The number of rotatable bonds is 5. The lowest BCUT2D eigenvalue weighted by Crippen LogP contribution is -2.56. The lowest BCUT2D eigenvalue weighted by Gasteiger charge is -2.42. The number of carbonyl (C=O) groups excluding carboxylic acids is 1. The molecule has 2 bridgehead atoms. The number of benzene rings is 2. The molecule has 2 aromatic carbocycles. The van der Waals surface area contributed by atoms with Gasteiger partial charge >= 0.3 is 6.09 Å². The topological polar surface area (TPSA) is 59.0 Å². The summed E-state index contributed by atoms with van der Waals surface area (Å²) in [7, 11) is 0. The minimum absolute atomic E-state index is 0.269. The van der Waals surface area contributed by atoms with Crippen LogP contribution < -0.4 is 4.74 Å². The minimum Gasteiger partial charge on any atom is -0.491 e. The predicted molar refractivity (Wildman–Crippen MR) is 120 cm³/mol. The summed E-state index contributed by atoms with van der Waals surface area (Å²) in [5, 5.41) is 12.0.